The minimum absolute atomic E-state index is 0.189. The Bertz CT molecular complexity index is 674. The van der Waals surface area contributed by atoms with Crippen molar-refractivity contribution in [1.82, 2.24) is 4.90 Å². The summed E-state index contributed by atoms with van der Waals surface area (Å²) in [6.07, 6.45) is 3.70. The zero-order chi connectivity index (χ0) is 16.7. The molecule has 0 amide bonds. The molecular formula is C16H21N5O2. The van der Waals surface area contributed by atoms with Gasteiger partial charge in [-0.25, -0.2) is 4.99 Å². The molecule has 4 unspecified atom stereocenters. The maximum absolute atomic E-state index is 10.2. The normalized spacial score (nSPS) is 49.3. The zero-order valence-corrected chi connectivity index (χ0v) is 13.7. The van der Waals surface area contributed by atoms with Crippen LogP contribution in [0.3, 0.4) is 0 Å². The first-order chi connectivity index (χ1) is 11.0. The molecule has 0 aromatic heterocycles. The predicted octanol–water partition coefficient (Wildman–Crippen LogP) is 0.580. The summed E-state index contributed by atoms with van der Waals surface area (Å²) in [4.78, 5) is 6.68. The predicted molar refractivity (Wildman–Crippen MR) is 80.7 cm³/mol. The van der Waals surface area contributed by atoms with Crippen LogP contribution in [-0.2, 0) is 9.47 Å². The number of hydrogen-bond donors (Lipinski definition) is 1. The van der Waals surface area contributed by atoms with E-state index in [1.807, 2.05) is 0 Å². The van der Waals surface area contributed by atoms with Crippen LogP contribution >= 0.6 is 0 Å². The van der Waals surface area contributed by atoms with Crippen LogP contribution in [0.2, 0.25) is 0 Å². The molecule has 0 aromatic carbocycles. The molecule has 4 rings (SSSR count). The average molecular weight is 315 g/mol. The molecule has 1 aliphatic carbocycles. The Morgan fingerprint density at radius 1 is 1.17 bits per heavy atom. The average Bonchev–Trinajstić information content (AvgIpc) is 2.89. The van der Waals surface area contributed by atoms with Gasteiger partial charge in [0, 0.05) is 31.7 Å². The minimum atomic E-state index is -1.49. The number of nitrogens with two attached hydrogens (primary N) is 1. The quantitative estimate of drug-likeness (QED) is 0.747. The summed E-state index contributed by atoms with van der Waals surface area (Å²) in [5.41, 5.74) is 3.39. The molecule has 3 fully saturated rings. The van der Waals surface area contributed by atoms with E-state index in [1.165, 1.54) is 14.2 Å². The van der Waals surface area contributed by atoms with Crippen molar-refractivity contribution in [3.05, 3.63) is 0 Å². The number of rotatable bonds is 2. The number of nitriles is 2. The first-order valence-electron chi connectivity index (χ1n) is 7.96. The summed E-state index contributed by atoms with van der Waals surface area (Å²) < 4.78 is 11.1. The van der Waals surface area contributed by atoms with Crippen molar-refractivity contribution >= 4 is 5.84 Å². The Kier molecular flexibility index (Phi) is 2.62. The number of nitrogens with zero attached hydrogens (tertiary/aromatic N) is 4. The number of piperidine rings is 1. The minimum Gasteiger partial charge on any atom is -0.386 e. The largest absolute Gasteiger partial charge is 0.386 e. The summed E-state index contributed by atoms with van der Waals surface area (Å²) in [5, 5.41) is 20.2. The van der Waals surface area contributed by atoms with E-state index in [9.17, 15) is 10.5 Å². The second-order valence-corrected chi connectivity index (χ2v) is 7.25. The topological polar surface area (TPSA) is 108 Å². The lowest BCUT2D eigenvalue weighted by Gasteiger charge is -2.41. The van der Waals surface area contributed by atoms with E-state index in [0.29, 0.717) is 12.1 Å². The molecular weight excluding hydrogens is 294 g/mol. The Labute approximate surface area is 135 Å². The number of methoxy groups -OCH3 is 2. The van der Waals surface area contributed by atoms with Gasteiger partial charge in [-0.2, -0.15) is 10.5 Å². The monoisotopic (exact) mass is 315 g/mol. The van der Waals surface area contributed by atoms with Gasteiger partial charge in [-0.1, -0.05) is 0 Å². The van der Waals surface area contributed by atoms with E-state index in [2.05, 4.69) is 29.1 Å². The van der Waals surface area contributed by atoms with Crippen molar-refractivity contribution in [2.75, 3.05) is 21.3 Å². The lowest BCUT2D eigenvalue weighted by atomic mass is 9.77. The van der Waals surface area contributed by atoms with Crippen molar-refractivity contribution in [3.63, 3.8) is 0 Å². The molecule has 7 nitrogen and oxygen atoms in total. The highest BCUT2D eigenvalue weighted by Crippen LogP contribution is 2.89. The van der Waals surface area contributed by atoms with E-state index in [4.69, 9.17) is 15.2 Å². The molecule has 2 saturated heterocycles. The second kappa shape index (κ2) is 4.05. The van der Waals surface area contributed by atoms with Crippen LogP contribution in [0.15, 0.2) is 4.99 Å². The van der Waals surface area contributed by atoms with Crippen LogP contribution in [0.4, 0.5) is 0 Å². The van der Waals surface area contributed by atoms with Gasteiger partial charge in [-0.3, -0.25) is 0 Å². The number of ether oxygens (including phenoxy) is 2. The fourth-order valence-electron chi connectivity index (χ4n) is 6.07. The van der Waals surface area contributed by atoms with Gasteiger partial charge >= 0.3 is 0 Å². The lowest BCUT2D eigenvalue weighted by molar-refractivity contribution is -0.239. The first kappa shape index (κ1) is 14.9. The number of hydrogen-bond acceptors (Lipinski definition) is 7. The van der Waals surface area contributed by atoms with Crippen molar-refractivity contribution < 1.29 is 9.47 Å². The van der Waals surface area contributed by atoms with E-state index in [0.717, 1.165) is 25.7 Å². The molecule has 1 spiro atoms. The summed E-state index contributed by atoms with van der Waals surface area (Å²) in [6, 6.07) is 5.49. The summed E-state index contributed by atoms with van der Waals surface area (Å²) in [7, 11) is 5.05. The van der Waals surface area contributed by atoms with Crippen molar-refractivity contribution in [1.29, 1.82) is 10.5 Å². The van der Waals surface area contributed by atoms with Gasteiger partial charge in [-0.15, -0.1) is 0 Å². The second-order valence-electron chi connectivity index (χ2n) is 7.25. The Morgan fingerprint density at radius 3 is 2.17 bits per heavy atom. The molecule has 4 atom stereocenters. The van der Waals surface area contributed by atoms with E-state index in [1.54, 1.807) is 0 Å². The number of aliphatic imine (C=N–C) groups is 1. The third kappa shape index (κ3) is 1.11. The maximum Gasteiger partial charge on any atom is 0.292 e. The van der Waals surface area contributed by atoms with Gasteiger partial charge in [0.2, 0.25) is 0 Å². The van der Waals surface area contributed by atoms with Gasteiger partial charge in [-0.05, 0) is 32.7 Å². The highest BCUT2D eigenvalue weighted by molar-refractivity contribution is 6.00. The molecule has 2 bridgehead atoms. The van der Waals surface area contributed by atoms with Gasteiger partial charge < -0.3 is 20.1 Å². The number of amidine groups is 1. The van der Waals surface area contributed by atoms with E-state index < -0.39 is 22.2 Å². The highest BCUT2D eigenvalue weighted by Gasteiger charge is 3.01. The molecule has 122 valence electrons. The van der Waals surface area contributed by atoms with Crippen LogP contribution < -0.4 is 5.73 Å². The molecule has 23 heavy (non-hydrogen) atoms. The molecule has 7 heteroatoms. The third-order valence-electron chi connectivity index (χ3n) is 7.10. The fraction of sp³-hybridized carbons (Fsp3) is 0.812. The van der Waals surface area contributed by atoms with Crippen LogP contribution in [0.1, 0.15) is 25.7 Å². The SMILES string of the molecule is COC1(OC)N=C(N)C2(C#N)C3(CC4CCC(C3)N4C)C12C#N. The molecule has 4 aliphatic rings. The van der Waals surface area contributed by atoms with Gasteiger partial charge in [0.05, 0.1) is 12.1 Å². The molecule has 3 aliphatic heterocycles. The van der Waals surface area contributed by atoms with E-state index >= 15 is 0 Å². The van der Waals surface area contributed by atoms with Crippen LogP contribution in [0, 0.1) is 38.9 Å². The highest BCUT2D eigenvalue weighted by atomic mass is 16.7. The van der Waals surface area contributed by atoms with Crippen LogP contribution in [0.5, 0.6) is 0 Å². The molecule has 1 saturated carbocycles. The molecule has 2 N–H and O–H groups in total. The fourth-order valence-corrected chi connectivity index (χ4v) is 6.07. The molecule has 0 radical (unpaired) electrons. The van der Waals surface area contributed by atoms with Crippen molar-refractivity contribution in [3.8, 4) is 12.1 Å². The Balaban J connectivity index is 1.93. The lowest BCUT2D eigenvalue weighted by Crippen LogP contribution is -2.49. The molecule has 3 heterocycles. The zero-order valence-electron chi connectivity index (χ0n) is 13.7. The number of fused-ring (bicyclic) bond motifs is 5. The van der Waals surface area contributed by atoms with Crippen molar-refractivity contribution in [2.24, 2.45) is 27.0 Å². The summed E-state index contributed by atoms with van der Waals surface area (Å²) in [6.45, 7) is 0. The van der Waals surface area contributed by atoms with Gasteiger partial charge in [0.15, 0.2) is 5.41 Å². The van der Waals surface area contributed by atoms with E-state index in [-0.39, 0.29) is 5.84 Å². The summed E-state index contributed by atoms with van der Waals surface area (Å²) >= 11 is 0. The van der Waals surface area contributed by atoms with Crippen LogP contribution in [-0.4, -0.2) is 50.0 Å². The van der Waals surface area contributed by atoms with Crippen LogP contribution in [0.25, 0.3) is 0 Å². The molecule has 0 aromatic rings. The Morgan fingerprint density at radius 2 is 1.74 bits per heavy atom. The van der Waals surface area contributed by atoms with Crippen molar-refractivity contribution in [2.45, 2.75) is 43.7 Å². The maximum atomic E-state index is 10.2. The third-order valence-corrected chi connectivity index (χ3v) is 7.10. The smallest absolute Gasteiger partial charge is 0.292 e. The van der Waals surface area contributed by atoms with Gasteiger partial charge in [0.1, 0.15) is 11.3 Å². The first-order valence-corrected chi connectivity index (χ1v) is 7.96. The standard InChI is InChI=1S/C16H21N5O2/c1-21-10-4-5-11(21)7-13(6-10)14(8-17)12(19)20-16(22-2,23-3)15(13,14)9-18/h10-11H,4-7H2,1-3H3,(H2,19,20). The Hall–Kier alpha value is -1.67. The van der Waals surface area contributed by atoms with Gasteiger partial charge in [0.25, 0.3) is 5.91 Å². The summed E-state index contributed by atoms with van der Waals surface area (Å²) in [5.74, 6) is -1.30.